The number of ketones is 1. The summed E-state index contributed by atoms with van der Waals surface area (Å²) in [6.07, 6.45) is 1.64. The van der Waals surface area contributed by atoms with Crippen molar-refractivity contribution in [2.45, 2.75) is 38.9 Å². The lowest BCUT2D eigenvalue weighted by Gasteiger charge is -2.29. The van der Waals surface area contributed by atoms with Crippen LogP contribution in [0.4, 0.5) is 8.78 Å². The second-order valence-corrected chi connectivity index (χ2v) is 8.73. The third kappa shape index (κ3) is 4.67. The van der Waals surface area contributed by atoms with Gasteiger partial charge >= 0.3 is 0 Å². The van der Waals surface area contributed by atoms with E-state index in [0.29, 0.717) is 28.2 Å². The average Bonchev–Trinajstić information content (AvgIpc) is 3.20. The smallest absolute Gasteiger partial charge is 0.182 e. The van der Waals surface area contributed by atoms with Crippen LogP contribution in [0.2, 0.25) is 0 Å². The molecule has 0 saturated heterocycles. The van der Waals surface area contributed by atoms with Crippen molar-refractivity contribution in [3.05, 3.63) is 101 Å². The molecule has 0 bridgehead atoms. The van der Waals surface area contributed by atoms with E-state index in [4.69, 9.17) is 4.74 Å². The summed E-state index contributed by atoms with van der Waals surface area (Å²) in [6, 6.07) is 14.0. The number of aliphatic hydroxyl groups is 2. The van der Waals surface area contributed by atoms with Crippen molar-refractivity contribution in [3.63, 3.8) is 0 Å². The third-order valence-corrected chi connectivity index (χ3v) is 6.22. The summed E-state index contributed by atoms with van der Waals surface area (Å²) in [5.74, 6) is -1.40. The Kier molecular flexibility index (Phi) is 6.95. The summed E-state index contributed by atoms with van der Waals surface area (Å²) in [7, 11) is 0. The van der Waals surface area contributed by atoms with Gasteiger partial charge in [-0.15, -0.1) is 0 Å². The van der Waals surface area contributed by atoms with Crippen LogP contribution < -0.4 is 4.74 Å². The number of carbonyl (C=O) groups is 1. The predicted molar refractivity (Wildman–Crippen MR) is 126 cm³/mol. The second kappa shape index (κ2) is 9.93. The molecule has 0 saturated carbocycles. The lowest BCUT2D eigenvalue weighted by molar-refractivity contribution is 0.0910. The zero-order chi connectivity index (χ0) is 25.2. The topological polar surface area (TPSA) is 84.1 Å². The fourth-order valence-corrected chi connectivity index (χ4v) is 4.35. The Labute approximate surface area is 201 Å². The molecular formula is C27H26F2N2O4. The lowest BCUT2D eigenvalue weighted by Crippen LogP contribution is -2.31. The van der Waals surface area contributed by atoms with E-state index in [2.05, 4.69) is 4.98 Å². The zero-order valence-corrected chi connectivity index (χ0v) is 19.5. The van der Waals surface area contributed by atoms with Gasteiger partial charge in [-0.25, -0.2) is 13.8 Å². The SMILES string of the molecule is Cc1nc2c(OCc3c(F)cccc3F)cccn2c1C(=O)CC(C)(CO)c1ccccc1CO. The van der Waals surface area contributed by atoms with Gasteiger partial charge in [0.1, 0.15) is 23.9 Å². The molecular weight excluding hydrogens is 454 g/mol. The molecule has 6 nitrogen and oxygen atoms in total. The second-order valence-electron chi connectivity index (χ2n) is 8.73. The van der Waals surface area contributed by atoms with Crippen molar-refractivity contribution < 1.29 is 28.5 Å². The van der Waals surface area contributed by atoms with Gasteiger partial charge in [0.25, 0.3) is 0 Å². The summed E-state index contributed by atoms with van der Waals surface area (Å²) in [5, 5.41) is 20.0. The van der Waals surface area contributed by atoms with Gasteiger partial charge in [0.15, 0.2) is 17.2 Å². The number of imidazole rings is 1. The molecule has 1 atom stereocenters. The van der Waals surface area contributed by atoms with E-state index >= 15 is 0 Å². The number of pyridine rings is 1. The van der Waals surface area contributed by atoms with Crippen LogP contribution in [0.25, 0.3) is 5.65 Å². The molecule has 0 aliphatic carbocycles. The maximum atomic E-state index is 14.0. The molecule has 8 heteroatoms. The predicted octanol–water partition coefficient (Wildman–Crippen LogP) is 4.52. The molecule has 0 amide bonds. The van der Waals surface area contributed by atoms with Crippen LogP contribution in [-0.4, -0.2) is 32.0 Å². The number of fused-ring (bicyclic) bond motifs is 1. The Morgan fingerprint density at radius 3 is 2.46 bits per heavy atom. The lowest BCUT2D eigenvalue weighted by atomic mass is 9.76. The number of ether oxygens (including phenoxy) is 1. The van der Waals surface area contributed by atoms with E-state index in [9.17, 15) is 23.8 Å². The number of aryl methyl sites for hydroxylation is 1. The monoisotopic (exact) mass is 480 g/mol. The van der Waals surface area contributed by atoms with Crippen LogP contribution in [0.3, 0.4) is 0 Å². The third-order valence-electron chi connectivity index (χ3n) is 6.22. The van der Waals surface area contributed by atoms with Crippen molar-refractivity contribution in [2.24, 2.45) is 0 Å². The molecule has 35 heavy (non-hydrogen) atoms. The maximum Gasteiger partial charge on any atom is 0.182 e. The number of aliphatic hydroxyl groups excluding tert-OH is 2. The fourth-order valence-electron chi connectivity index (χ4n) is 4.35. The number of Topliss-reactive ketones (excluding diaryl/α,β-unsaturated/α-hetero) is 1. The Hall–Kier alpha value is -3.62. The molecule has 0 spiro atoms. The largest absolute Gasteiger partial charge is 0.485 e. The molecule has 0 aliphatic heterocycles. The van der Waals surface area contributed by atoms with E-state index in [0.717, 1.165) is 12.1 Å². The first-order valence-electron chi connectivity index (χ1n) is 11.2. The summed E-state index contributed by atoms with van der Waals surface area (Å²) in [4.78, 5) is 18.0. The van der Waals surface area contributed by atoms with E-state index < -0.39 is 17.0 Å². The summed E-state index contributed by atoms with van der Waals surface area (Å²) in [6.45, 7) is 2.62. The van der Waals surface area contributed by atoms with Crippen LogP contribution >= 0.6 is 0 Å². The molecule has 4 rings (SSSR count). The number of rotatable bonds is 9. The molecule has 0 radical (unpaired) electrons. The summed E-state index contributed by atoms with van der Waals surface area (Å²) in [5.41, 5.74) is 1.33. The van der Waals surface area contributed by atoms with Gasteiger partial charge in [-0.2, -0.15) is 0 Å². The average molecular weight is 481 g/mol. The Morgan fingerprint density at radius 2 is 1.77 bits per heavy atom. The highest BCUT2D eigenvalue weighted by molar-refractivity contribution is 5.97. The number of benzene rings is 2. The molecule has 4 aromatic rings. The van der Waals surface area contributed by atoms with E-state index in [1.807, 2.05) is 0 Å². The summed E-state index contributed by atoms with van der Waals surface area (Å²) >= 11 is 0. The summed E-state index contributed by atoms with van der Waals surface area (Å²) < 4.78 is 35.3. The first-order chi connectivity index (χ1) is 16.8. The first kappa shape index (κ1) is 24.5. The number of nitrogens with zero attached hydrogens (tertiary/aromatic N) is 2. The van der Waals surface area contributed by atoms with Gasteiger partial charge in [-0.3, -0.25) is 9.20 Å². The molecule has 0 aliphatic rings. The first-order valence-corrected chi connectivity index (χ1v) is 11.2. The van der Waals surface area contributed by atoms with Crippen LogP contribution in [0.15, 0.2) is 60.8 Å². The van der Waals surface area contributed by atoms with Crippen molar-refractivity contribution in [1.82, 2.24) is 9.38 Å². The Balaban J connectivity index is 1.66. The van der Waals surface area contributed by atoms with E-state index in [-0.39, 0.29) is 43.3 Å². The number of carbonyl (C=O) groups excluding carboxylic acids is 1. The van der Waals surface area contributed by atoms with Gasteiger partial charge in [0.05, 0.1) is 24.5 Å². The van der Waals surface area contributed by atoms with Crippen molar-refractivity contribution >= 4 is 11.4 Å². The van der Waals surface area contributed by atoms with Crippen LogP contribution in [0.5, 0.6) is 5.75 Å². The van der Waals surface area contributed by atoms with Gasteiger partial charge < -0.3 is 14.9 Å². The van der Waals surface area contributed by atoms with Crippen molar-refractivity contribution in [2.75, 3.05) is 6.61 Å². The minimum atomic E-state index is -0.927. The highest BCUT2D eigenvalue weighted by Crippen LogP contribution is 2.33. The Morgan fingerprint density at radius 1 is 1.06 bits per heavy atom. The van der Waals surface area contributed by atoms with Gasteiger partial charge in [-0.05, 0) is 42.3 Å². The van der Waals surface area contributed by atoms with Crippen LogP contribution in [-0.2, 0) is 18.6 Å². The molecule has 2 aromatic heterocycles. The molecule has 182 valence electrons. The van der Waals surface area contributed by atoms with E-state index in [1.165, 1.54) is 6.07 Å². The van der Waals surface area contributed by atoms with Crippen molar-refractivity contribution in [1.29, 1.82) is 0 Å². The maximum absolute atomic E-state index is 14.0. The fraction of sp³-hybridized carbons (Fsp3) is 0.259. The van der Waals surface area contributed by atoms with Gasteiger partial charge in [0.2, 0.25) is 0 Å². The molecule has 2 aromatic carbocycles. The number of halogens is 2. The normalized spacial score (nSPS) is 13.1. The zero-order valence-electron chi connectivity index (χ0n) is 19.5. The molecule has 1 unspecified atom stereocenters. The number of hydrogen-bond donors (Lipinski definition) is 2. The highest BCUT2D eigenvalue weighted by atomic mass is 19.1. The van der Waals surface area contributed by atoms with Gasteiger partial charge in [-0.1, -0.05) is 37.3 Å². The minimum Gasteiger partial charge on any atom is -0.485 e. The van der Waals surface area contributed by atoms with E-state index in [1.54, 1.807) is 60.8 Å². The van der Waals surface area contributed by atoms with Crippen molar-refractivity contribution in [3.8, 4) is 5.75 Å². The Bertz CT molecular complexity index is 1360. The van der Waals surface area contributed by atoms with Gasteiger partial charge in [0, 0.05) is 18.0 Å². The standard InChI is InChI=1S/C27H26F2N2O4/c1-17-25(23(34)13-27(2,16-33)20-8-4-3-7-18(20)14-32)31-12-6-11-24(26(31)30-17)35-15-19-21(28)9-5-10-22(19)29/h3-12,32-33H,13-16H2,1-2H3. The van der Waals surface area contributed by atoms with Crippen LogP contribution in [0.1, 0.15) is 46.2 Å². The minimum absolute atomic E-state index is 0.0271. The molecule has 0 fully saturated rings. The van der Waals surface area contributed by atoms with Crippen LogP contribution in [0, 0.1) is 18.6 Å². The highest BCUT2D eigenvalue weighted by Gasteiger charge is 2.33. The number of hydrogen-bond acceptors (Lipinski definition) is 5. The molecule has 2 N–H and O–H groups in total. The number of aromatic nitrogens is 2. The molecule has 2 heterocycles. The quantitative estimate of drug-likeness (QED) is 0.344.